The molecule has 2 aliphatic rings. The number of carbonyl (C=O) groups is 6. The van der Waals surface area contributed by atoms with Crippen LogP contribution in [-0.4, -0.2) is 86.0 Å². The topological polar surface area (TPSA) is 195 Å². The van der Waals surface area contributed by atoms with Crippen LogP contribution in [0.15, 0.2) is 42.4 Å². The van der Waals surface area contributed by atoms with Crippen LogP contribution in [-0.2, 0) is 79.9 Å². The van der Waals surface area contributed by atoms with Gasteiger partial charge < -0.3 is 47.4 Å². The number of benzene rings is 2. The first-order chi connectivity index (χ1) is 30.6. The summed E-state index contributed by atoms with van der Waals surface area (Å²) in [4.78, 5) is 68.1. The summed E-state index contributed by atoms with van der Waals surface area (Å²) >= 11 is 0. The van der Waals surface area contributed by atoms with E-state index in [-0.39, 0.29) is 68.9 Å². The Hall–Kier alpha value is -5.28. The van der Waals surface area contributed by atoms with Crippen molar-refractivity contribution in [1.82, 2.24) is 0 Å². The van der Waals surface area contributed by atoms with Gasteiger partial charge in [0.05, 0.1) is 13.6 Å². The smallest absolute Gasteiger partial charge is 0.463 e. The molecule has 0 radical (unpaired) electrons. The van der Waals surface area contributed by atoms with Crippen LogP contribution < -0.4 is 9.47 Å². The zero-order chi connectivity index (χ0) is 51.3. The standard InChI is InChI=1S/C21H27FO8.C21H28O8.F6P/c1-11-12(2)20(28-15(5)25)21(30-19(11)10-27-14(4)24)29-18-7-6-17(22)8-16(18)9-26-13(3)23;1-12-13(2)20(27-16(5)24)21(29-19(12)11-26-15(4)23)28-18-9-7-6-8-17(18)10-25-14(3)22;1-7(2,3,4,5)6/h6-8,11-12,19-21H,9-10H2,1-5H3;6-9,12-13,19-21H,10-11H2,1-5H3;/q;;-1/p+1/t11-,12-,19?,20?,21+;12-,13-,19?,20?,21+;/m00./s1/i;6T;/hT. The molecule has 2 heterocycles. The molecule has 0 amide bonds. The predicted molar refractivity (Wildman–Crippen MR) is 218 cm³/mol. The van der Waals surface area contributed by atoms with Crippen molar-refractivity contribution in [2.24, 2.45) is 23.7 Å². The zero-order valence-corrected chi connectivity index (χ0v) is 38.6. The number of hydrogen-bond donors (Lipinski definition) is 0. The van der Waals surface area contributed by atoms with Gasteiger partial charge in [-0.25, -0.2) is 4.39 Å². The summed E-state index contributed by atoms with van der Waals surface area (Å²) in [6.45, 7) is 15.1. The van der Waals surface area contributed by atoms with E-state index in [1.165, 1.54) is 71.9 Å². The molecule has 0 spiro atoms. The fraction of sp³-hybridized carbons (Fsp3) is 0.571. The Bertz CT molecular complexity index is 1920. The Balaban J connectivity index is 0.000000588. The van der Waals surface area contributed by atoms with Gasteiger partial charge in [-0.1, -0.05) is 45.9 Å². The first kappa shape index (κ1) is 55.1. The van der Waals surface area contributed by atoms with Crippen molar-refractivity contribution in [2.75, 3.05) is 13.2 Å². The summed E-state index contributed by atoms with van der Waals surface area (Å²) in [7, 11) is -10.7. The van der Waals surface area contributed by atoms with Crippen LogP contribution in [0.3, 0.4) is 0 Å². The average molecular weight is 985 g/mol. The Morgan fingerprint density at radius 2 is 0.955 bits per heavy atom. The molecule has 16 nitrogen and oxygen atoms in total. The van der Waals surface area contributed by atoms with E-state index in [2.05, 4.69) is 0 Å². The molecule has 0 saturated carbocycles. The molecule has 0 aliphatic carbocycles. The summed E-state index contributed by atoms with van der Waals surface area (Å²) in [6.07, 6.45) is -4.44. The normalized spacial score (nSPS) is 26.0. The zero-order valence-electron chi connectivity index (χ0n) is 39.7. The van der Waals surface area contributed by atoms with Crippen molar-refractivity contribution in [3.63, 3.8) is 0 Å². The molecule has 2 saturated heterocycles. The Kier molecular flexibility index (Phi) is 19.6. The minimum Gasteiger partial charge on any atom is -0.463 e. The van der Waals surface area contributed by atoms with Gasteiger partial charge in [-0.2, -0.15) is 0 Å². The number of hydrogen-bond acceptors (Lipinski definition) is 16. The van der Waals surface area contributed by atoms with E-state index in [4.69, 9.17) is 48.7 Å². The second-order valence-corrected chi connectivity index (χ2v) is 17.2. The Labute approximate surface area is 379 Å². The largest absolute Gasteiger partial charge is 1.00 e. The quantitative estimate of drug-likeness (QED) is 0.0753. The number of carbonyl (C=O) groups excluding carboxylic acids is 6. The molecular weight excluding hydrogens is 924 g/mol. The van der Waals surface area contributed by atoms with Crippen LogP contribution in [0, 0.1) is 29.5 Å². The van der Waals surface area contributed by atoms with E-state index < -0.39 is 86.4 Å². The second kappa shape index (κ2) is 23.4. The number of rotatable bonds is 14. The molecule has 2 aromatic carbocycles. The van der Waals surface area contributed by atoms with Crippen molar-refractivity contribution in [3.05, 3.63) is 59.4 Å². The second-order valence-electron chi connectivity index (χ2n) is 15.3. The first-order valence-corrected chi connectivity index (χ1v) is 22.1. The van der Waals surface area contributed by atoms with E-state index in [1.54, 1.807) is 6.07 Å². The van der Waals surface area contributed by atoms with Crippen molar-refractivity contribution in [2.45, 2.75) is 119 Å². The van der Waals surface area contributed by atoms with E-state index >= 15 is 0 Å². The van der Waals surface area contributed by atoms with Crippen LogP contribution in [0.25, 0.3) is 0 Å². The maximum Gasteiger partial charge on any atom is 1.00 e. The van der Waals surface area contributed by atoms with Gasteiger partial charge in [0.1, 0.15) is 43.7 Å². The Morgan fingerprint density at radius 1 is 0.576 bits per heavy atom. The van der Waals surface area contributed by atoms with Gasteiger partial charge in [-0.3, -0.25) is 28.8 Å². The van der Waals surface area contributed by atoms with Gasteiger partial charge in [0.25, 0.3) is 0 Å². The average Bonchev–Trinajstić information content (AvgIpc) is 3.18. The van der Waals surface area contributed by atoms with Gasteiger partial charge in [-0.15, -0.1) is 0 Å². The molecule has 4 rings (SSSR count). The van der Waals surface area contributed by atoms with Gasteiger partial charge >= 0.3 is 70.2 Å². The third kappa shape index (κ3) is 21.8. The van der Waals surface area contributed by atoms with Gasteiger partial charge in [-0.05, 0) is 36.1 Å². The molecule has 0 bridgehead atoms. The molecule has 2 fully saturated rings. The van der Waals surface area contributed by atoms with E-state index in [0.717, 1.165) is 0 Å². The van der Waals surface area contributed by atoms with Crippen molar-refractivity contribution in [1.29, 1.82) is 0 Å². The van der Waals surface area contributed by atoms with Crippen molar-refractivity contribution >= 4 is 43.6 Å². The third-order valence-electron chi connectivity index (χ3n) is 9.80. The maximum atomic E-state index is 13.7. The molecule has 24 heteroatoms. The minimum absolute atomic E-state index is 0. The molecule has 10 atom stereocenters. The number of halogens is 7. The molecule has 2 aromatic rings. The number of ether oxygens (including phenoxy) is 10. The number of esters is 6. The van der Waals surface area contributed by atoms with E-state index in [1.807, 2.05) is 27.7 Å². The SMILES string of the molecule is CC(=O)OCc1cc(F)ccc1O[C@@H]1OC(COC(C)=O)[C@@H](C)[C@H](C)C1OC(C)=O.F[P-](F)(F)(F)(F)F.[3H+].[3H]c1ccc(O[C@@H]2OC(COC(C)=O)[C@@H](C)[C@H](C)C2OC(C)=O)c(COC(C)=O)c1. The molecule has 66 heavy (non-hydrogen) atoms. The minimum atomic E-state index is -10.7. The molecule has 0 N–H and O–H groups in total. The summed E-state index contributed by atoms with van der Waals surface area (Å²) in [5.41, 5.74) is 0.767. The fourth-order valence-corrected chi connectivity index (χ4v) is 6.26. The summed E-state index contributed by atoms with van der Waals surface area (Å²) in [5.74, 6) is -3.35. The van der Waals surface area contributed by atoms with Crippen LogP contribution in [0.2, 0.25) is 0 Å². The number of para-hydroxylation sites is 1. The van der Waals surface area contributed by atoms with Gasteiger partial charge in [0.15, 0.2) is 12.2 Å². The first-order valence-electron chi connectivity index (χ1n) is 20.6. The molecule has 4 unspecified atom stereocenters. The third-order valence-corrected chi connectivity index (χ3v) is 9.80. The van der Waals surface area contributed by atoms with Gasteiger partial charge in [0, 0.05) is 64.5 Å². The fourth-order valence-electron chi connectivity index (χ4n) is 6.26. The predicted octanol–water partition coefficient (Wildman–Crippen LogP) is 8.87. The van der Waals surface area contributed by atoms with Crippen LogP contribution >= 0.6 is 7.81 Å². The van der Waals surface area contributed by atoms with Crippen LogP contribution in [0.4, 0.5) is 29.6 Å². The molecule has 374 valence electrons. The summed E-state index contributed by atoms with van der Waals surface area (Å²) < 4.78 is 136. The van der Waals surface area contributed by atoms with Crippen molar-refractivity contribution in [3.8, 4) is 11.5 Å². The Morgan fingerprint density at radius 3 is 1.33 bits per heavy atom. The summed E-state index contributed by atoms with van der Waals surface area (Å²) in [6, 6.07) is 8.59. The van der Waals surface area contributed by atoms with Crippen LogP contribution in [0.5, 0.6) is 11.5 Å². The van der Waals surface area contributed by atoms with Gasteiger partial charge in [0.2, 0.25) is 12.6 Å². The molecular formula is C42H56F7O16P. The molecule has 2 aliphatic heterocycles. The van der Waals surface area contributed by atoms with Crippen LogP contribution in [0.1, 0.15) is 83.2 Å². The van der Waals surface area contributed by atoms with Crippen molar-refractivity contribution < 1.29 is 109 Å². The van der Waals surface area contributed by atoms with E-state index in [9.17, 15) is 58.3 Å². The monoisotopic (exact) mass is 984 g/mol. The maximum absolute atomic E-state index is 13.7. The summed E-state index contributed by atoms with van der Waals surface area (Å²) in [5, 5.41) is 0. The molecule has 0 aromatic heterocycles. The van der Waals surface area contributed by atoms with E-state index in [0.29, 0.717) is 11.3 Å².